The van der Waals surface area contributed by atoms with Crippen LogP contribution in [0.1, 0.15) is 19.8 Å². The Morgan fingerprint density at radius 2 is 1.88 bits per heavy atom. The minimum Gasteiger partial charge on any atom is -0.454 e. The largest absolute Gasteiger partial charge is 0.454 e. The van der Waals surface area contributed by atoms with E-state index in [0.29, 0.717) is 49.7 Å². The lowest BCUT2D eigenvalue weighted by Crippen LogP contribution is -2.49. The third kappa shape index (κ3) is 4.16. The van der Waals surface area contributed by atoms with Gasteiger partial charge in [0.05, 0.1) is 6.61 Å². The summed E-state index contributed by atoms with van der Waals surface area (Å²) < 4.78 is 15.4. The second kappa shape index (κ2) is 7.94. The van der Waals surface area contributed by atoms with Crippen molar-refractivity contribution in [3.8, 4) is 11.5 Å². The number of benzene rings is 1. The molecular weight excluding hydrogens is 342 g/mol. The van der Waals surface area contributed by atoms with Crippen LogP contribution in [-0.2, 0) is 14.3 Å². The van der Waals surface area contributed by atoms with Crippen LogP contribution in [0.4, 0.5) is 10.5 Å². The summed E-state index contributed by atoms with van der Waals surface area (Å²) in [5.74, 6) is -0.343. The van der Waals surface area contributed by atoms with E-state index in [9.17, 15) is 14.4 Å². The van der Waals surface area contributed by atoms with Gasteiger partial charge in [-0.3, -0.25) is 9.59 Å². The summed E-state index contributed by atoms with van der Waals surface area (Å²) >= 11 is 0. The monoisotopic (exact) mass is 363 g/mol. The summed E-state index contributed by atoms with van der Waals surface area (Å²) in [7, 11) is 0. The Labute approximate surface area is 150 Å². The van der Waals surface area contributed by atoms with E-state index in [4.69, 9.17) is 14.2 Å². The average molecular weight is 363 g/mol. The molecule has 9 nitrogen and oxygen atoms in total. The van der Waals surface area contributed by atoms with Gasteiger partial charge in [0.1, 0.15) is 0 Å². The Morgan fingerprint density at radius 3 is 2.62 bits per heavy atom. The van der Waals surface area contributed by atoms with Crippen molar-refractivity contribution < 1.29 is 28.6 Å². The molecule has 0 atom stereocenters. The molecule has 1 fully saturated rings. The van der Waals surface area contributed by atoms with Crippen molar-refractivity contribution in [3.63, 3.8) is 0 Å². The molecule has 2 aliphatic heterocycles. The number of carbonyl (C=O) groups excluding carboxylic acids is 3. The molecule has 9 heteroatoms. The normalized spacial score (nSPS) is 16.1. The molecule has 1 saturated heterocycles. The number of fused-ring (bicyclic) bond motifs is 1. The first kappa shape index (κ1) is 17.8. The fourth-order valence-electron chi connectivity index (χ4n) is 2.83. The van der Waals surface area contributed by atoms with Gasteiger partial charge in [-0.25, -0.2) is 4.79 Å². The Bertz CT molecular complexity index is 700. The van der Waals surface area contributed by atoms with E-state index in [1.807, 2.05) is 0 Å². The lowest BCUT2D eigenvalue weighted by atomic mass is 10.1. The van der Waals surface area contributed by atoms with Gasteiger partial charge >= 0.3 is 17.9 Å². The van der Waals surface area contributed by atoms with E-state index < -0.39 is 11.8 Å². The van der Waals surface area contributed by atoms with Gasteiger partial charge in [0.25, 0.3) is 0 Å². The highest BCUT2D eigenvalue weighted by Gasteiger charge is 2.26. The summed E-state index contributed by atoms with van der Waals surface area (Å²) in [4.78, 5) is 37.4. The Hall–Kier alpha value is -2.97. The molecule has 0 bridgehead atoms. The molecule has 2 N–H and O–H groups in total. The number of ether oxygens (including phenoxy) is 3. The second-order valence-corrected chi connectivity index (χ2v) is 5.96. The molecule has 140 valence electrons. The van der Waals surface area contributed by atoms with Crippen LogP contribution in [-0.4, -0.2) is 55.3 Å². The van der Waals surface area contributed by atoms with Crippen LogP contribution in [0.5, 0.6) is 11.5 Å². The van der Waals surface area contributed by atoms with Crippen LogP contribution in [0.15, 0.2) is 18.2 Å². The number of anilines is 1. The number of hydrogen-bond acceptors (Lipinski definition) is 6. The van der Waals surface area contributed by atoms with E-state index in [1.165, 1.54) is 0 Å². The third-order valence-electron chi connectivity index (χ3n) is 4.19. The zero-order valence-corrected chi connectivity index (χ0v) is 14.4. The predicted molar refractivity (Wildman–Crippen MR) is 91.0 cm³/mol. The summed E-state index contributed by atoms with van der Waals surface area (Å²) in [5, 5.41) is 5.23. The summed E-state index contributed by atoms with van der Waals surface area (Å²) in [6, 6.07) is 4.75. The first-order valence-electron chi connectivity index (χ1n) is 8.50. The zero-order chi connectivity index (χ0) is 18.5. The molecule has 2 heterocycles. The molecule has 3 rings (SSSR count). The third-order valence-corrected chi connectivity index (χ3v) is 4.19. The van der Waals surface area contributed by atoms with Crippen molar-refractivity contribution in [3.05, 3.63) is 18.2 Å². The molecule has 1 aromatic rings. The Kier molecular flexibility index (Phi) is 5.45. The zero-order valence-electron chi connectivity index (χ0n) is 14.4. The smallest absolute Gasteiger partial charge is 0.409 e. The van der Waals surface area contributed by atoms with E-state index in [1.54, 1.807) is 30.0 Å². The number of likely N-dealkylation sites (tertiary alicyclic amines) is 1. The number of carbonyl (C=O) groups is 3. The van der Waals surface area contributed by atoms with Crippen molar-refractivity contribution in [1.82, 2.24) is 10.2 Å². The first-order valence-corrected chi connectivity index (χ1v) is 8.50. The number of piperidine rings is 1. The standard InChI is InChI=1S/C17H21N3O6/c1-2-24-17(23)20-7-5-11(6-8-20)18-15(21)16(22)19-12-3-4-13-14(9-12)26-10-25-13/h3-4,9,11H,2,5-8,10H2,1H3,(H,18,21)(H,19,22). The lowest BCUT2D eigenvalue weighted by molar-refractivity contribution is -0.136. The van der Waals surface area contributed by atoms with Crippen molar-refractivity contribution in [1.29, 1.82) is 0 Å². The van der Waals surface area contributed by atoms with Gasteiger partial charge in [0.15, 0.2) is 11.5 Å². The summed E-state index contributed by atoms with van der Waals surface area (Å²) in [6.45, 7) is 3.18. The van der Waals surface area contributed by atoms with Gasteiger partial charge < -0.3 is 29.7 Å². The molecule has 0 saturated carbocycles. The topological polar surface area (TPSA) is 106 Å². The highest BCUT2D eigenvalue weighted by Crippen LogP contribution is 2.34. The van der Waals surface area contributed by atoms with Crippen molar-refractivity contribution in [2.24, 2.45) is 0 Å². The van der Waals surface area contributed by atoms with Crippen LogP contribution in [0.25, 0.3) is 0 Å². The quantitative estimate of drug-likeness (QED) is 0.779. The maximum atomic E-state index is 12.1. The molecule has 0 unspecified atom stereocenters. The van der Waals surface area contributed by atoms with Gasteiger partial charge in [0.2, 0.25) is 6.79 Å². The number of nitrogens with zero attached hydrogens (tertiary/aromatic N) is 1. The SMILES string of the molecule is CCOC(=O)N1CCC(NC(=O)C(=O)Nc2ccc3c(c2)OCO3)CC1. The second-order valence-electron chi connectivity index (χ2n) is 5.96. The maximum absolute atomic E-state index is 12.1. The maximum Gasteiger partial charge on any atom is 0.409 e. The summed E-state index contributed by atoms with van der Waals surface area (Å²) in [5.41, 5.74) is 0.450. The molecular formula is C17H21N3O6. The molecule has 3 amide bonds. The molecule has 0 aliphatic carbocycles. The number of nitrogens with one attached hydrogen (secondary N) is 2. The van der Waals surface area contributed by atoms with Gasteiger partial charge in [-0.1, -0.05) is 0 Å². The van der Waals surface area contributed by atoms with Gasteiger partial charge in [0, 0.05) is 30.9 Å². The fraction of sp³-hybridized carbons (Fsp3) is 0.471. The van der Waals surface area contributed by atoms with E-state index in [2.05, 4.69) is 10.6 Å². The van der Waals surface area contributed by atoms with E-state index in [-0.39, 0.29) is 18.9 Å². The first-order chi connectivity index (χ1) is 12.6. The summed E-state index contributed by atoms with van der Waals surface area (Å²) in [6.07, 6.45) is 0.793. The molecule has 2 aliphatic rings. The highest BCUT2D eigenvalue weighted by atomic mass is 16.7. The number of amides is 3. The predicted octanol–water partition coefficient (Wildman–Crippen LogP) is 1.09. The molecule has 1 aromatic carbocycles. The molecule has 0 spiro atoms. The fourth-order valence-corrected chi connectivity index (χ4v) is 2.83. The van der Waals surface area contributed by atoms with Crippen LogP contribution < -0.4 is 20.1 Å². The van der Waals surface area contributed by atoms with Gasteiger partial charge in [-0.15, -0.1) is 0 Å². The van der Waals surface area contributed by atoms with E-state index in [0.717, 1.165) is 0 Å². The minimum absolute atomic E-state index is 0.137. The number of rotatable bonds is 3. The molecule has 0 aromatic heterocycles. The van der Waals surface area contributed by atoms with Crippen LogP contribution in [0, 0.1) is 0 Å². The number of hydrogen-bond donors (Lipinski definition) is 2. The molecule has 26 heavy (non-hydrogen) atoms. The van der Waals surface area contributed by atoms with Gasteiger partial charge in [-0.2, -0.15) is 0 Å². The van der Waals surface area contributed by atoms with Crippen LogP contribution in [0.2, 0.25) is 0 Å². The minimum atomic E-state index is -0.753. The van der Waals surface area contributed by atoms with Crippen molar-refractivity contribution in [2.75, 3.05) is 31.8 Å². The van der Waals surface area contributed by atoms with Crippen molar-refractivity contribution >= 4 is 23.6 Å². The van der Waals surface area contributed by atoms with Gasteiger partial charge in [-0.05, 0) is 31.9 Å². The lowest BCUT2D eigenvalue weighted by Gasteiger charge is -2.31. The van der Waals surface area contributed by atoms with Crippen molar-refractivity contribution in [2.45, 2.75) is 25.8 Å². The van der Waals surface area contributed by atoms with Crippen LogP contribution in [0.3, 0.4) is 0 Å². The van der Waals surface area contributed by atoms with E-state index >= 15 is 0 Å². The highest BCUT2D eigenvalue weighted by molar-refractivity contribution is 6.39. The molecule has 0 radical (unpaired) electrons. The Balaban J connectivity index is 1.46. The Morgan fingerprint density at radius 1 is 1.15 bits per heavy atom. The van der Waals surface area contributed by atoms with Crippen LogP contribution >= 0.6 is 0 Å². The average Bonchev–Trinajstić information content (AvgIpc) is 3.10.